The number of methoxy groups -OCH3 is 1. The van der Waals surface area contributed by atoms with Gasteiger partial charge in [-0.15, -0.1) is 0 Å². The number of guanidine groups is 1. The van der Waals surface area contributed by atoms with E-state index in [2.05, 4.69) is 19.8 Å². The molecule has 0 bridgehead atoms. The van der Waals surface area contributed by atoms with E-state index in [9.17, 15) is 13.6 Å². The van der Waals surface area contributed by atoms with Gasteiger partial charge in [0.1, 0.15) is 5.75 Å². The fourth-order valence-electron chi connectivity index (χ4n) is 1.95. The molecule has 1 rings (SSSR count). The van der Waals surface area contributed by atoms with Gasteiger partial charge in [0.15, 0.2) is 5.96 Å². The highest BCUT2D eigenvalue weighted by molar-refractivity contribution is 5.80. The third kappa shape index (κ3) is 7.26. The van der Waals surface area contributed by atoms with Crippen molar-refractivity contribution in [1.82, 2.24) is 10.2 Å². The smallest absolute Gasteiger partial charge is 0.387 e. The third-order valence-electron chi connectivity index (χ3n) is 3.07. The summed E-state index contributed by atoms with van der Waals surface area (Å²) >= 11 is 0. The van der Waals surface area contributed by atoms with Crippen LogP contribution in [0.3, 0.4) is 0 Å². The van der Waals surface area contributed by atoms with E-state index in [1.54, 1.807) is 12.1 Å². The van der Waals surface area contributed by atoms with E-state index in [-0.39, 0.29) is 18.1 Å². The molecule has 0 amide bonds. The summed E-state index contributed by atoms with van der Waals surface area (Å²) in [6.07, 6.45) is 0.207. The average Bonchev–Trinajstić information content (AvgIpc) is 2.55. The molecule has 0 aliphatic heterocycles. The molecule has 0 unspecified atom stereocenters. The molecule has 0 atom stereocenters. The SMILES string of the molecule is CCNC(=NCCC(=O)OC)N(C)Cc1ccc(OC(F)F)cc1. The van der Waals surface area contributed by atoms with Crippen LogP contribution in [-0.2, 0) is 16.1 Å². The third-order valence-corrected chi connectivity index (χ3v) is 3.07. The van der Waals surface area contributed by atoms with Crippen LogP contribution in [0.2, 0.25) is 0 Å². The first-order chi connectivity index (χ1) is 11.5. The van der Waals surface area contributed by atoms with Crippen molar-refractivity contribution < 1.29 is 23.0 Å². The van der Waals surface area contributed by atoms with Crippen LogP contribution in [0, 0.1) is 0 Å². The summed E-state index contributed by atoms with van der Waals surface area (Å²) in [7, 11) is 3.19. The Morgan fingerprint density at radius 2 is 2.00 bits per heavy atom. The second-order valence-electron chi connectivity index (χ2n) is 4.94. The lowest BCUT2D eigenvalue weighted by atomic mass is 10.2. The lowest BCUT2D eigenvalue weighted by molar-refractivity contribution is -0.140. The molecule has 134 valence electrons. The van der Waals surface area contributed by atoms with E-state index >= 15 is 0 Å². The van der Waals surface area contributed by atoms with Crippen molar-refractivity contribution in [2.24, 2.45) is 4.99 Å². The minimum atomic E-state index is -2.83. The Kier molecular flexibility index (Phi) is 8.53. The van der Waals surface area contributed by atoms with E-state index in [0.717, 1.165) is 5.56 Å². The van der Waals surface area contributed by atoms with Crippen molar-refractivity contribution in [2.45, 2.75) is 26.5 Å². The summed E-state index contributed by atoms with van der Waals surface area (Å²) in [6.45, 7) is 0.642. The molecule has 8 heteroatoms. The number of aliphatic imine (C=N–C) groups is 1. The van der Waals surface area contributed by atoms with Crippen LogP contribution in [0.4, 0.5) is 8.78 Å². The highest BCUT2D eigenvalue weighted by Gasteiger charge is 2.08. The summed E-state index contributed by atoms with van der Waals surface area (Å²) in [4.78, 5) is 17.4. The number of halogens is 2. The van der Waals surface area contributed by atoms with Crippen molar-refractivity contribution in [1.29, 1.82) is 0 Å². The number of hydrogen-bond acceptors (Lipinski definition) is 4. The summed E-state index contributed by atoms with van der Waals surface area (Å²) < 4.78 is 33.2. The molecule has 0 fully saturated rings. The molecular weight excluding hydrogens is 320 g/mol. The maximum Gasteiger partial charge on any atom is 0.387 e. The minimum absolute atomic E-state index is 0.120. The molecule has 0 aromatic heterocycles. The second kappa shape index (κ2) is 10.4. The fourth-order valence-corrected chi connectivity index (χ4v) is 1.95. The number of esters is 1. The topological polar surface area (TPSA) is 63.2 Å². The molecule has 6 nitrogen and oxygen atoms in total. The number of ether oxygens (including phenoxy) is 2. The molecule has 1 aromatic rings. The molecule has 0 saturated heterocycles. The zero-order valence-corrected chi connectivity index (χ0v) is 14.1. The number of alkyl halides is 2. The Labute approximate surface area is 140 Å². The van der Waals surface area contributed by atoms with Crippen molar-refractivity contribution in [3.63, 3.8) is 0 Å². The molecular formula is C16H23F2N3O3. The second-order valence-corrected chi connectivity index (χ2v) is 4.94. The summed E-state index contributed by atoms with van der Waals surface area (Å²) in [5.74, 6) is 0.455. The van der Waals surface area contributed by atoms with Crippen molar-refractivity contribution in [3.05, 3.63) is 29.8 Å². The number of nitrogens with one attached hydrogen (secondary N) is 1. The van der Waals surface area contributed by atoms with Crippen LogP contribution >= 0.6 is 0 Å². The van der Waals surface area contributed by atoms with Gasteiger partial charge in [-0.1, -0.05) is 12.1 Å². The largest absolute Gasteiger partial charge is 0.469 e. The highest BCUT2D eigenvalue weighted by Crippen LogP contribution is 2.15. The van der Waals surface area contributed by atoms with E-state index in [1.165, 1.54) is 19.2 Å². The van der Waals surface area contributed by atoms with Gasteiger partial charge < -0.3 is 19.7 Å². The van der Waals surface area contributed by atoms with Gasteiger partial charge in [0, 0.05) is 20.1 Å². The average molecular weight is 343 g/mol. The number of nitrogens with zero attached hydrogens (tertiary/aromatic N) is 2. The molecule has 0 saturated carbocycles. The predicted molar refractivity (Wildman–Crippen MR) is 87.2 cm³/mol. The highest BCUT2D eigenvalue weighted by atomic mass is 19.3. The van der Waals surface area contributed by atoms with Crippen LogP contribution < -0.4 is 10.1 Å². The lowest BCUT2D eigenvalue weighted by Gasteiger charge is -2.22. The molecule has 24 heavy (non-hydrogen) atoms. The quantitative estimate of drug-likeness (QED) is 0.446. The van der Waals surface area contributed by atoms with Crippen LogP contribution in [0.25, 0.3) is 0 Å². The predicted octanol–water partition coefficient (Wildman–Crippen LogP) is 2.25. The van der Waals surface area contributed by atoms with Crippen molar-refractivity contribution in [3.8, 4) is 5.75 Å². The number of rotatable bonds is 8. The van der Waals surface area contributed by atoms with E-state index in [1.807, 2.05) is 18.9 Å². The van der Waals surface area contributed by atoms with Gasteiger partial charge in [-0.2, -0.15) is 8.78 Å². The zero-order chi connectivity index (χ0) is 17.9. The normalized spacial score (nSPS) is 11.3. The first-order valence-corrected chi connectivity index (χ1v) is 7.56. The molecule has 0 spiro atoms. The first-order valence-electron chi connectivity index (χ1n) is 7.56. The molecule has 1 aromatic carbocycles. The molecule has 0 aliphatic carbocycles. The number of carbonyl (C=O) groups is 1. The Bertz CT molecular complexity index is 536. The van der Waals surface area contributed by atoms with Gasteiger partial charge in [-0.3, -0.25) is 9.79 Å². The Balaban J connectivity index is 2.65. The zero-order valence-electron chi connectivity index (χ0n) is 14.1. The number of carbonyl (C=O) groups excluding carboxylic acids is 1. The monoisotopic (exact) mass is 343 g/mol. The fraction of sp³-hybridized carbons (Fsp3) is 0.500. The van der Waals surface area contributed by atoms with Gasteiger partial charge in [0.05, 0.1) is 20.1 Å². The van der Waals surface area contributed by atoms with Crippen LogP contribution in [0.15, 0.2) is 29.3 Å². The van der Waals surface area contributed by atoms with Crippen molar-refractivity contribution >= 4 is 11.9 Å². The van der Waals surface area contributed by atoms with Crippen LogP contribution in [0.1, 0.15) is 18.9 Å². The number of benzene rings is 1. The first kappa shape index (κ1) is 19.7. The van der Waals surface area contributed by atoms with Gasteiger partial charge in [0.25, 0.3) is 0 Å². The summed E-state index contributed by atoms with van der Waals surface area (Å²) in [6, 6.07) is 6.42. The van der Waals surface area contributed by atoms with Gasteiger partial charge >= 0.3 is 12.6 Å². The van der Waals surface area contributed by atoms with Gasteiger partial charge in [-0.25, -0.2) is 0 Å². The Hall–Kier alpha value is -2.38. The molecule has 0 heterocycles. The van der Waals surface area contributed by atoms with Crippen LogP contribution in [-0.4, -0.2) is 50.7 Å². The molecule has 1 N–H and O–H groups in total. The standard InChI is InChI=1S/C16H23F2N3O3/c1-4-19-16(20-10-9-14(22)23-3)21(2)11-12-5-7-13(8-6-12)24-15(17)18/h5-8,15H,4,9-11H2,1-3H3,(H,19,20). The Morgan fingerprint density at radius 3 is 2.54 bits per heavy atom. The molecule has 0 aliphatic rings. The van der Waals surface area contributed by atoms with E-state index < -0.39 is 6.61 Å². The van der Waals surface area contributed by atoms with Crippen molar-refractivity contribution in [2.75, 3.05) is 27.2 Å². The van der Waals surface area contributed by atoms with E-state index in [0.29, 0.717) is 25.6 Å². The molecule has 0 radical (unpaired) electrons. The summed E-state index contributed by atoms with van der Waals surface area (Å²) in [5, 5.41) is 3.13. The van der Waals surface area contributed by atoms with E-state index in [4.69, 9.17) is 0 Å². The lowest BCUT2D eigenvalue weighted by Crippen LogP contribution is -2.38. The van der Waals surface area contributed by atoms with Gasteiger partial charge in [0.2, 0.25) is 0 Å². The van der Waals surface area contributed by atoms with Gasteiger partial charge in [-0.05, 0) is 24.6 Å². The number of hydrogen-bond donors (Lipinski definition) is 1. The maximum atomic E-state index is 12.1. The van der Waals surface area contributed by atoms with Crippen LogP contribution in [0.5, 0.6) is 5.75 Å². The maximum absolute atomic E-state index is 12.1. The Morgan fingerprint density at radius 1 is 1.33 bits per heavy atom. The summed E-state index contributed by atoms with van der Waals surface area (Å²) in [5.41, 5.74) is 0.915. The minimum Gasteiger partial charge on any atom is -0.469 e.